The lowest BCUT2D eigenvalue weighted by Gasteiger charge is -2.40. The molecule has 7 heteroatoms. The van der Waals surface area contributed by atoms with Gasteiger partial charge in [-0.15, -0.1) is 12.4 Å². The quantitative estimate of drug-likeness (QED) is 0.509. The first kappa shape index (κ1) is 26.4. The summed E-state index contributed by atoms with van der Waals surface area (Å²) in [6.07, 6.45) is 1.73. The Labute approximate surface area is 202 Å². The van der Waals surface area contributed by atoms with Gasteiger partial charge in [0, 0.05) is 24.7 Å². The molecule has 0 aliphatic carbocycles. The van der Waals surface area contributed by atoms with E-state index in [2.05, 4.69) is 11.9 Å². The van der Waals surface area contributed by atoms with Crippen LogP contribution in [-0.2, 0) is 33.7 Å². The molecular weight excluding hydrogens is 440 g/mol. The standard InChI is InChI=1S/C26H32N2O4.ClH/c1-4-32-26(31)23(15-14-20-10-6-5-7-11-20)27-18(2)19(3)28-17-22-13-9-8-12-21(22)16-24(28)25(29)30;/h5-13,18,23-24,27H,3-4,14-17H2,1-2H3,(H,29,30);1H/t18-,23-,24-;/m0./s1. The van der Waals surface area contributed by atoms with Gasteiger partial charge >= 0.3 is 11.9 Å². The van der Waals surface area contributed by atoms with Gasteiger partial charge < -0.3 is 14.7 Å². The zero-order valence-corrected chi connectivity index (χ0v) is 20.0. The topological polar surface area (TPSA) is 78.9 Å². The zero-order valence-electron chi connectivity index (χ0n) is 19.2. The highest BCUT2D eigenvalue weighted by Gasteiger charge is 2.34. The summed E-state index contributed by atoms with van der Waals surface area (Å²) in [5.41, 5.74) is 3.95. The zero-order chi connectivity index (χ0) is 23.1. The number of aryl methyl sites for hydroxylation is 1. The number of hydrogen-bond acceptors (Lipinski definition) is 5. The average molecular weight is 473 g/mol. The number of esters is 1. The van der Waals surface area contributed by atoms with Crippen molar-refractivity contribution in [1.82, 2.24) is 10.2 Å². The van der Waals surface area contributed by atoms with Crippen molar-refractivity contribution in [3.8, 4) is 0 Å². The van der Waals surface area contributed by atoms with Gasteiger partial charge in [-0.3, -0.25) is 10.1 Å². The maximum atomic E-state index is 12.6. The minimum absolute atomic E-state index is 0. The predicted octanol–water partition coefficient (Wildman–Crippen LogP) is 3.98. The van der Waals surface area contributed by atoms with E-state index in [1.54, 1.807) is 6.92 Å². The summed E-state index contributed by atoms with van der Waals surface area (Å²) in [7, 11) is 0. The van der Waals surface area contributed by atoms with E-state index >= 15 is 0 Å². The molecule has 0 saturated heterocycles. The molecule has 3 atom stereocenters. The normalized spacial score (nSPS) is 16.7. The molecule has 33 heavy (non-hydrogen) atoms. The summed E-state index contributed by atoms with van der Waals surface area (Å²) in [6.45, 7) is 8.70. The molecule has 0 amide bonds. The maximum absolute atomic E-state index is 12.6. The summed E-state index contributed by atoms with van der Waals surface area (Å²) in [5, 5.41) is 13.2. The van der Waals surface area contributed by atoms with Crippen LogP contribution in [0.2, 0.25) is 0 Å². The van der Waals surface area contributed by atoms with Crippen molar-refractivity contribution < 1.29 is 19.4 Å². The van der Waals surface area contributed by atoms with Gasteiger partial charge in [0.1, 0.15) is 12.1 Å². The molecule has 0 saturated carbocycles. The first-order chi connectivity index (χ1) is 15.4. The summed E-state index contributed by atoms with van der Waals surface area (Å²) in [6, 6.07) is 16.4. The molecule has 2 aromatic carbocycles. The highest BCUT2D eigenvalue weighted by Crippen LogP contribution is 2.27. The molecule has 178 valence electrons. The molecule has 0 unspecified atom stereocenters. The number of rotatable bonds is 10. The Morgan fingerprint density at radius 2 is 1.79 bits per heavy atom. The van der Waals surface area contributed by atoms with E-state index in [4.69, 9.17) is 4.74 Å². The van der Waals surface area contributed by atoms with Crippen LogP contribution in [0.5, 0.6) is 0 Å². The van der Waals surface area contributed by atoms with Gasteiger partial charge in [-0.2, -0.15) is 0 Å². The lowest BCUT2D eigenvalue weighted by molar-refractivity contribution is -0.146. The van der Waals surface area contributed by atoms with Gasteiger partial charge in [0.2, 0.25) is 0 Å². The number of carbonyl (C=O) groups excluding carboxylic acids is 1. The molecule has 0 aromatic heterocycles. The fraction of sp³-hybridized carbons (Fsp3) is 0.385. The van der Waals surface area contributed by atoms with Crippen LogP contribution in [0.25, 0.3) is 0 Å². The number of nitrogens with one attached hydrogen (secondary N) is 1. The van der Waals surface area contributed by atoms with E-state index in [1.807, 2.05) is 66.4 Å². The second-order valence-electron chi connectivity index (χ2n) is 8.16. The monoisotopic (exact) mass is 472 g/mol. The Balaban J connectivity index is 0.00000385. The number of nitrogens with zero attached hydrogens (tertiary/aromatic N) is 1. The summed E-state index contributed by atoms with van der Waals surface area (Å²) < 4.78 is 5.29. The highest BCUT2D eigenvalue weighted by molar-refractivity contribution is 5.85. The molecule has 2 aromatic rings. The number of ether oxygens (including phenoxy) is 1. The van der Waals surface area contributed by atoms with Crippen molar-refractivity contribution in [2.24, 2.45) is 0 Å². The first-order valence-electron chi connectivity index (χ1n) is 11.1. The molecule has 1 heterocycles. The van der Waals surface area contributed by atoms with Crippen LogP contribution in [0, 0.1) is 0 Å². The maximum Gasteiger partial charge on any atom is 0.326 e. The Morgan fingerprint density at radius 3 is 2.42 bits per heavy atom. The van der Waals surface area contributed by atoms with E-state index in [-0.39, 0.29) is 24.4 Å². The molecule has 2 N–H and O–H groups in total. The summed E-state index contributed by atoms with van der Waals surface area (Å²) in [4.78, 5) is 26.4. The second-order valence-corrected chi connectivity index (χ2v) is 8.16. The van der Waals surface area contributed by atoms with Gasteiger partial charge in [0.05, 0.1) is 6.61 Å². The fourth-order valence-electron chi connectivity index (χ4n) is 4.16. The number of halogens is 1. The largest absolute Gasteiger partial charge is 0.480 e. The first-order valence-corrected chi connectivity index (χ1v) is 11.1. The molecule has 6 nitrogen and oxygen atoms in total. The van der Waals surface area contributed by atoms with E-state index in [0.717, 1.165) is 23.1 Å². The van der Waals surface area contributed by atoms with Crippen molar-refractivity contribution in [2.45, 2.75) is 57.8 Å². The van der Waals surface area contributed by atoms with Crippen molar-refractivity contribution in [3.63, 3.8) is 0 Å². The highest BCUT2D eigenvalue weighted by atomic mass is 35.5. The van der Waals surface area contributed by atoms with Gasteiger partial charge in [-0.05, 0) is 43.4 Å². The Morgan fingerprint density at radius 1 is 1.15 bits per heavy atom. The average Bonchev–Trinajstić information content (AvgIpc) is 2.80. The molecule has 3 rings (SSSR count). The Bertz CT molecular complexity index is 950. The van der Waals surface area contributed by atoms with Crippen LogP contribution in [0.1, 0.15) is 37.0 Å². The molecule has 1 aliphatic heterocycles. The van der Waals surface area contributed by atoms with Gasteiger partial charge in [0.25, 0.3) is 0 Å². The lowest BCUT2D eigenvalue weighted by atomic mass is 9.93. The van der Waals surface area contributed by atoms with Crippen molar-refractivity contribution in [2.75, 3.05) is 6.61 Å². The van der Waals surface area contributed by atoms with Crippen LogP contribution in [0.3, 0.4) is 0 Å². The van der Waals surface area contributed by atoms with Crippen LogP contribution >= 0.6 is 12.4 Å². The molecular formula is C26H33ClN2O4. The van der Waals surface area contributed by atoms with E-state index in [1.165, 1.54) is 0 Å². The molecule has 0 radical (unpaired) electrons. The van der Waals surface area contributed by atoms with Crippen molar-refractivity contribution >= 4 is 24.3 Å². The third kappa shape index (κ3) is 6.83. The number of hydrogen-bond donors (Lipinski definition) is 2. The van der Waals surface area contributed by atoms with Crippen LogP contribution in [-0.4, -0.2) is 46.7 Å². The van der Waals surface area contributed by atoms with Crippen molar-refractivity contribution in [1.29, 1.82) is 0 Å². The minimum atomic E-state index is -0.876. The third-order valence-electron chi connectivity index (χ3n) is 5.99. The third-order valence-corrected chi connectivity index (χ3v) is 5.99. The number of carbonyl (C=O) groups is 2. The van der Waals surface area contributed by atoms with Gasteiger partial charge in [-0.25, -0.2) is 4.79 Å². The fourth-order valence-corrected chi connectivity index (χ4v) is 4.16. The van der Waals surface area contributed by atoms with E-state index in [0.29, 0.717) is 31.7 Å². The molecule has 0 fully saturated rings. The Kier molecular flexibility index (Phi) is 9.95. The number of aliphatic carboxylic acids is 1. The number of fused-ring (bicyclic) bond motifs is 1. The predicted molar refractivity (Wildman–Crippen MR) is 131 cm³/mol. The van der Waals surface area contributed by atoms with Crippen LogP contribution in [0.4, 0.5) is 0 Å². The molecule has 1 aliphatic rings. The van der Waals surface area contributed by atoms with Gasteiger partial charge in [-0.1, -0.05) is 61.2 Å². The minimum Gasteiger partial charge on any atom is -0.480 e. The molecule has 0 bridgehead atoms. The lowest BCUT2D eigenvalue weighted by Crippen LogP contribution is -2.51. The second kappa shape index (κ2) is 12.4. The SMILES string of the molecule is C=C([C@H](C)N[C@@H](CCc1ccccc1)C(=O)OCC)N1Cc2ccccc2C[C@H]1C(=O)O.Cl. The number of carboxylic acid groups (broad SMARTS) is 1. The van der Waals surface area contributed by atoms with Crippen LogP contribution in [0.15, 0.2) is 66.9 Å². The van der Waals surface area contributed by atoms with Gasteiger partial charge in [0.15, 0.2) is 0 Å². The smallest absolute Gasteiger partial charge is 0.326 e. The molecule has 0 spiro atoms. The van der Waals surface area contributed by atoms with Crippen molar-refractivity contribution in [3.05, 3.63) is 83.6 Å². The summed E-state index contributed by atoms with van der Waals surface area (Å²) in [5.74, 6) is -1.18. The van der Waals surface area contributed by atoms with Crippen LogP contribution < -0.4 is 5.32 Å². The number of carboxylic acids is 1. The number of benzene rings is 2. The Hall–Kier alpha value is -2.83. The van der Waals surface area contributed by atoms with E-state index in [9.17, 15) is 14.7 Å². The summed E-state index contributed by atoms with van der Waals surface area (Å²) >= 11 is 0. The van der Waals surface area contributed by atoms with E-state index < -0.39 is 18.1 Å².